The summed E-state index contributed by atoms with van der Waals surface area (Å²) in [5, 5.41) is 0. The summed E-state index contributed by atoms with van der Waals surface area (Å²) < 4.78 is 77.2. The Morgan fingerprint density at radius 1 is 0.939 bits per heavy atom. The SMILES string of the molecule is O=C(c1ccc(COc2c(F)c(F)c(F)c(F)c2F)o1)N1CCN(Cc2cccnc2)CC1. The zero-order valence-corrected chi connectivity index (χ0v) is 17.2. The van der Waals surface area contributed by atoms with E-state index in [1.165, 1.54) is 12.1 Å². The van der Waals surface area contributed by atoms with Crippen LogP contribution in [0.25, 0.3) is 0 Å². The van der Waals surface area contributed by atoms with Crippen molar-refractivity contribution in [3.05, 3.63) is 82.8 Å². The van der Waals surface area contributed by atoms with Gasteiger partial charge in [0.2, 0.25) is 29.1 Å². The number of carbonyl (C=O) groups excluding carboxylic acids is 1. The lowest BCUT2D eigenvalue weighted by atomic mass is 10.2. The average Bonchev–Trinajstić information content (AvgIpc) is 3.31. The van der Waals surface area contributed by atoms with Crippen LogP contribution in [-0.4, -0.2) is 46.9 Å². The van der Waals surface area contributed by atoms with E-state index in [4.69, 9.17) is 9.15 Å². The van der Waals surface area contributed by atoms with Crippen molar-refractivity contribution in [1.82, 2.24) is 14.8 Å². The minimum Gasteiger partial charge on any atom is -0.479 e. The van der Waals surface area contributed by atoms with E-state index in [-0.39, 0.29) is 17.4 Å². The Balaban J connectivity index is 1.34. The van der Waals surface area contributed by atoms with Crippen LogP contribution in [0.2, 0.25) is 0 Å². The molecule has 0 unspecified atom stereocenters. The number of hydrogen-bond donors (Lipinski definition) is 0. The van der Waals surface area contributed by atoms with Crippen LogP contribution < -0.4 is 4.74 Å². The van der Waals surface area contributed by atoms with Crippen LogP contribution in [0.5, 0.6) is 5.75 Å². The Labute approximate surface area is 185 Å². The molecule has 2 aromatic heterocycles. The third-order valence-electron chi connectivity index (χ3n) is 5.19. The molecule has 0 radical (unpaired) electrons. The van der Waals surface area contributed by atoms with Gasteiger partial charge in [0, 0.05) is 45.1 Å². The van der Waals surface area contributed by atoms with E-state index < -0.39 is 41.4 Å². The van der Waals surface area contributed by atoms with Gasteiger partial charge in [0.1, 0.15) is 12.4 Å². The molecular weight excluding hydrogens is 449 g/mol. The molecule has 1 fully saturated rings. The maximum Gasteiger partial charge on any atom is 0.289 e. The van der Waals surface area contributed by atoms with Crippen LogP contribution in [0.1, 0.15) is 21.9 Å². The molecule has 33 heavy (non-hydrogen) atoms. The number of amides is 1. The van der Waals surface area contributed by atoms with E-state index in [0.717, 1.165) is 12.1 Å². The van der Waals surface area contributed by atoms with Crippen molar-refractivity contribution in [3.8, 4) is 5.75 Å². The number of furan rings is 1. The molecule has 1 aliphatic rings. The molecule has 3 aromatic rings. The van der Waals surface area contributed by atoms with Gasteiger partial charge in [0.25, 0.3) is 5.91 Å². The third-order valence-corrected chi connectivity index (χ3v) is 5.19. The quantitative estimate of drug-likeness (QED) is 0.313. The molecule has 3 heterocycles. The molecule has 0 aliphatic carbocycles. The molecule has 11 heteroatoms. The minimum absolute atomic E-state index is 0.0162. The van der Waals surface area contributed by atoms with Crippen LogP contribution in [-0.2, 0) is 13.2 Å². The number of carbonyl (C=O) groups is 1. The highest BCUT2D eigenvalue weighted by Crippen LogP contribution is 2.30. The second-order valence-electron chi connectivity index (χ2n) is 7.38. The van der Waals surface area contributed by atoms with E-state index in [2.05, 4.69) is 9.88 Å². The van der Waals surface area contributed by atoms with Gasteiger partial charge in [-0.05, 0) is 23.8 Å². The van der Waals surface area contributed by atoms with Gasteiger partial charge in [-0.15, -0.1) is 0 Å². The number of hydrogen-bond acceptors (Lipinski definition) is 5. The van der Waals surface area contributed by atoms with Crippen LogP contribution in [0.3, 0.4) is 0 Å². The van der Waals surface area contributed by atoms with E-state index in [0.29, 0.717) is 26.2 Å². The summed E-state index contributed by atoms with van der Waals surface area (Å²) >= 11 is 0. The van der Waals surface area contributed by atoms with Crippen molar-refractivity contribution >= 4 is 5.91 Å². The Bertz CT molecular complexity index is 1120. The number of aromatic nitrogens is 1. The number of benzene rings is 1. The highest BCUT2D eigenvalue weighted by Gasteiger charge is 2.28. The fourth-order valence-electron chi connectivity index (χ4n) is 3.44. The molecule has 1 aliphatic heterocycles. The van der Waals surface area contributed by atoms with Crippen molar-refractivity contribution in [2.45, 2.75) is 13.2 Å². The summed E-state index contributed by atoms with van der Waals surface area (Å²) in [5.74, 6) is -12.5. The van der Waals surface area contributed by atoms with E-state index in [1.54, 1.807) is 17.3 Å². The van der Waals surface area contributed by atoms with Crippen molar-refractivity contribution < 1.29 is 35.9 Å². The molecule has 0 saturated carbocycles. The molecule has 0 N–H and O–H groups in total. The van der Waals surface area contributed by atoms with Gasteiger partial charge in [0.15, 0.2) is 11.5 Å². The maximum atomic E-state index is 13.7. The van der Waals surface area contributed by atoms with Gasteiger partial charge < -0.3 is 14.1 Å². The molecule has 1 saturated heterocycles. The first kappa shape index (κ1) is 22.7. The minimum atomic E-state index is -2.27. The van der Waals surface area contributed by atoms with Crippen LogP contribution in [0.4, 0.5) is 22.0 Å². The first-order chi connectivity index (χ1) is 15.8. The molecule has 0 bridgehead atoms. The molecule has 4 rings (SSSR count). The summed E-state index contributed by atoms with van der Waals surface area (Å²) in [4.78, 5) is 20.6. The second kappa shape index (κ2) is 9.57. The predicted molar refractivity (Wildman–Crippen MR) is 105 cm³/mol. The lowest BCUT2D eigenvalue weighted by Gasteiger charge is -2.34. The summed E-state index contributed by atoms with van der Waals surface area (Å²) in [6, 6.07) is 6.53. The fourth-order valence-corrected chi connectivity index (χ4v) is 3.44. The van der Waals surface area contributed by atoms with Crippen LogP contribution >= 0.6 is 0 Å². The Morgan fingerprint density at radius 3 is 2.24 bits per heavy atom. The first-order valence-corrected chi connectivity index (χ1v) is 9.98. The second-order valence-corrected chi connectivity index (χ2v) is 7.38. The lowest BCUT2D eigenvalue weighted by molar-refractivity contribution is 0.0593. The lowest BCUT2D eigenvalue weighted by Crippen LogP contribution is -2.48. The number of nitrogens with zero attached hydrogens (tertiary/aromatic N) is 3. The van der Waals surface area contributed by atoms with Crippen molar-refractivity contribution in [3.63, 3.8) is 0 Å². The van der Waals surface area contributed by atoms with Gasteiger partial charge in [-0.2, -0.15) is 8.78 Å². The van der Waals surface area contributed by atoms with Crippen molar-refractivity contribution in [2.75, 3.05) is 26.2 Å². The molecule has 6 nitrogen and oxygen atoms in total. The number of pyridine rings is 1. The van der Waals surface area contributed by atoms with Gasteiger partial charge in [-0.25, -0.2) is 13.2 Å². The van der Waals surface area contributed by atoms with E-state index in [1.807, 2.05) is 12.1 Å². The third kappa shape index (κ3) is 4.82. The first-order valence-electron chi connectivity index (χ1n) is 9.98. The normalized spacial score (nSPS) is 14.5. The predicted octanol–water partition coefficient (Wildman–Crippen LogP) is 3.91. The number of rotatable bonds is 6. The highest BCUT2D eigenvalue weighted by molar-refractivity contribution is 5.91. The average molecular weight is 467 g/mol. The summed E-state index contributed by atoms with van der Waals surface area (Å²) in [5.41, 5.74) is 1.07. The van der Waals surface area contributed by atoms with Gasteiger partial charge in [0.05, 0.1) is 0 Å². The number of piperazine rings is 1. The largest absolute Gasteiger partial charge is 0.479 e. The molecule has 1 aromatic carbocycles. The monoisotopic (exact) mass is 467 g/mol. The van der Waals surface area contributed by atoms with Crippen molar-refractivity contribution in [1.29, 1.82) is 0 Å². The molecular formula is C22H18F5N3O3. The Hall–Kier alpha value is -3.47. The van der Waals surface area contributed by atoms with Gasteiger partial charge in [-0.1, -0.05) is 6.07 Å². The summed E-state index contributed by atoms with van der Waals surface area (Å²) in [7, 11) is 0. The maximum absolute atomic E-state index is 13.7. The zero-order chi connectivity index (χ0) is 23.5. The van der Waals surface area contributed by atoms with Crippen LogP contribution in [0.15, 0.2) is 41.1 Å². The molecule has 1 amide bonds. The topological polar surface area (TPSA) is 58.8 Å². The Kier molecular flexibility index (Phi) is 6.59. The fraction of sp³-hybridized carbons (Fsp3) is 0.273. The van der Waals surface area contributed by atoms with E-state index in [9.17, 15) is 26.7 Å². The smallest absolute Gasteiger partial charge is 0.289 e. The van der Waals surface area contributed by atoms with Crippen molar-refractivity contribution in [2.24, 2.45) is 0 Å². The van der Waals surface area contributed by atoms with Gasteiger partial charge in [-0.3, -0.25) is 14.7 Å². The summed E-state index contributed by atoms with van der Waals surface area (Å²) in [6.45, 7) is 2.32. The Morgan fingerprint density at radius 2 is 1.61 bits per heavy atom. The molecule has 0 spiro atoms. The van der Waals surface area contributed by atoms with Crippen LogP contribution in [0, 0.1) is 29.1 Å². The summed E-state index contributed by atoms with van der Waals surface area (Å²) in [6.07, 6.45) is 3.49. The van der Waals surface area contributed by atoms with Gasteiger partial charge >= 0.3 is 0 Å². The van der Waals surface area contributed by atoms with E-state index >= 15 is 0 Å². The number of halogens is 5. The number of ether oxygens (including phenoxy) is 1. The molecule has 0 atom stereocenters. The molecule has 174 valence electrons. The zero-order valence-electron chi connectivity index (χ0n) is 17.2. The highest BCUT2D eigenvalue weighted by atomic mass is 19.2. The standard InChI is InChI=1S/C22H18F5N3O3/c23-16-17(24)19(26)21(20(27)18(16)25)32-12-14-3-4-15(33-14)22(31)30-8-6-29(7-9-30)11-13-2-1-5-28-10-13/h1-5,10H,6-9,11-12H2.